The second-order valence-corrected chi connectivity index (χ2v) is 6.40. The van der Waals surface area contributed by atoms with Gasteiger partial charge in [0.05, 0.1) is 6.61 Å². The summed E-state index contributed by atoms with van der Waals surface area (Å²) in [5.41, 5.74) is 1.39. The van der Waals surface area contributed by atoms with Crippen molar-refractivity contribution in [1.29, 1.82) is 0 Å². The summed E-state index contributed by atoms with van der Waals surface area (Å²) in [6.07, 6.45) is 1.19. The SMILES string of the molecule is CCC1CNC(c2ccccc2)CN1CCOCC(C)C. The van der Waals surface area contributed by atoms with Crippen LogP contribution in [-0.4, -0.2) is 43.8 Å². The maximum atomic E-state index is 5.77. The predicted octanol–water partition coefficient (Wildman–Crippen LogP) is 3.08. The van der Waals surface area contributed by atoms with E-state index in [0.717, 1.165) is 32.8 Å². The summed E-state index contributed by atoms with van der Waals surface area (Å²) in [5.74, 6) is 0.618. The zero-order chi connectivity index (χ0) is 15.1. The summed E-state index contributed by atoms with van der Waals surface area (Å²) >= 11 is 0. The number of nitrogens with zero attached hydrogens (tertiary/aromatic N) is 1. The van der Waals surface area contributed by atoms with Gasteiger partial charge in [0.2, 0.25) is 0 Å². The highest BCUT2D eigenvalue weighted by Crippen LogP contribution is 2.20. The van der Waals surface area contributed by atoms with E-state index in [2.05, 4.69) is 61.3 Å². The quantitative estimate of drug-likeness (QED) is 0.781. The van der Waals surface area contributed by atoms with Crippen molar-refractivity contribution < 1.29 is 4.74 Å². The summed E-state index contributed by atoms with van der Waals surface area (Å²) in [5, 5.41) is 3.69. The van der Waals surface area contributed by atoms with Crippen LogP contribution >= 0.6 is 0 Å². The summed E-state index contributed by atoms with van der Waals surface area (Å²) in [4.78, 5) is 2.59. The minimum Gasteiger partial charge on any atom is -0.380 e. The molecule has 1 aromatic rings. The van der Waals surface area contributed by atoms with Gasteiger partial charge in [-0.05, 0) is 17.9 Å². The second-order valence-electron chi connectivity index (χ2n) is 6.40. The number of hydrogen-bond acceptors (Lipinski definition) is 3. The van der Waals surface area contributed by atoms with Crippen LogP contribution in [0.15, 0.2) is 30.3 Å². The zero-order valence-corrected chi connectivity index (χ0v) is 13.7. The lowest BCUT2D eigenvalue weighted by Gasteiger charge is -2.40. The molecule has 2 atom stereocenters. The Labute approximate surface area is 129 Å². The first kappa shape index (κ1) is 16.5. The Hall–Kier alpha value is -0.900. The van der Waals surface area contributed by atoms with Crippen molar-refractivity contribution in [2.24, 2.45) is 5.92 Å². The van der Waals surface area contributed by atoms with E-state index in [9.17, 15) is 0 Å². The maximum Gasteiger partial charge on any atom is 0.0593 e. The lowest BCUT2D eigenvalue weighted by atomic mass is 10.0. The van der Waals surface area contributed by atoms with Crippen LogP contribution < -0.4 is 5.32 Å². The topological polar surface area (TPSA) is 24.5 Å². The Morgan fingerprint density at radius 2 is 2.05 bits per heavy atom. The standard InChI is InChI=1S/C18H30N2O/c1-4-17-12-19-18(16-8-6-5-7-9-16)13-20(17)10-11-21-14-15(2)3/h5-9,15,17-19H,4,10-14H2,1-3H3. The van der Waals surface area contributed by atoms with Crippen LogP contribution in [-0.2, 0) is 4.74 Å². The Bertz CT molecular complexity index is 393. The van der Waals surface area contributed by atoms with Gasteiger partial charge in [0.1, 0.15) is 0 Å². The molecule has 1 saturated heterocycles. The van der Waals surface area contributed by atoms with E-state index in [1.807, 2.05) is 0 Å². The van der Waals surface area contributed by atoms with Crippen LogP contribution in [0.2, 0.25) is 0 Å². The molecule has 21 heavy (non-hydrogen) atoms. The van der Waals surface area contributed by atoms with Crippen molar-refractivity contribution in [2.75, 3.05) is 32.8 Å². The Morgan fingerprint density at radius 3 is 2.71 bits per heavy atom. The van der Waals surface area contributed by atoms with Gasteiger partial charge in [-0.15, -0.1) is 0 Å². The van der Waals surface area contributed by atoms with E-state index in [4.69, 9.17) is 4.74 Å². The third-order valence-corrected chi connectivity index (χ3v) is 4.18. The van der Waals surface area contributed by atoms with Crippen LogP contribution in [0.5, 0.6) is 0 Å². The fourth-order valence-electron chi connectivity index (χ4n) is 2.94. The molecule has 0 aliphatic carbocycles. The number of ether oxygens (including phenoxy) is 1. The highest BCUT2D eigenvalue weighted by molar-refractivity contribution is 5.20. The molecule has 0 saturated carbocycles. The monoisotopic (exact) mass is 290 g/mol. The molecule has 2 unspecified atom stereocenters. The molecule has 2 rings (SSSR count). The van der Waals surface area contributed by atoms with Crippen LogP contribution in [0.3, 0.4) is 0 Å². The Morgan fingerprint density at radius 1 is 1.29 bits per heavy atom. The van der Waals surface area contributed by atoms with Crippen molar-refractivity contribution in [3.05, 3.63) is 35.9 Å². The van der Waals surface area contributed by atoms with Gasteiger partial charge in [-0.1, -0.05) is 51.1 Å². The molecule has 1 aliphatic heterocycles. The summed E-state index contributed by atoms with van der Waals surface area (Å²) < 4.78 is 5.77. The molecule has 3 heteroatoms. The van der Waals surface area contributed by atoms with Crippen molar-refractivity contribution in [3.8, 4) is 0 Å². The first-order valence-corrected chi connectivity index (χ1v) is 8.30. The fourth-order valence-corrected chi connectivity index (χ4v) is 2.94. The normalized spacial score (nSPS) is 23.6. The van der Waals surface area contributed by atoms with E-state index in [1.165, 1.54) is 12.0 Å². The molecule has 1 heterocycles. The molecule has 0 radical (unpaired) electrons. The zero-order valence-electron chi connectivity index (χ0n) is 13.7. The first-order chi connectivity index (χ1) is 10.2. The number of hydrogen-bond donors (Lipinski definition) is 1. The molecule has 1 fully saturated rings. The van der Waals surface area contributed by atoms with Crippen molar-refractivity contribution in [2.45, 2.75) is 39.3 Å². The highest BCUT2D eigenvalue weighted by atomic mass is 16.5. The molecule has 1 N–H and O–H groups in total. The van der Waals surface area contributed by atoms with E-state index in [1.54, 1.807) is 0 Å². The average Bonchev–Trinajstić information content (AvgIpc) is 2.52. The number of piperazine rings is 1. The van der Waals surface area contributed by atoms with Gasteiger partial charge in [-0.25, -0.2) is 0 Å². The molecule has 1 aliphatic rings. The molecule has 1 aromatic carbocycles. The molecule has 0 bridgehead atoms. The van der Waals surface area contributed by atoms with Crippen molar-refractivity contribution >= 4 is 0 Å². The largest absolute Gasteiger partial charge is 0.380 e. The molecule has 118 valence electrons. The van der Waals surface area contributed by atoms with Crippen molar-refractivity contribution in [3.63, 3.8) is 0 Å². The lowest BCUT2D eigenvalue weighted by Crippen LogP contribution is -2.53. The number of rotatable bonds is 7. The summed E-state index contributed by atoms with van der Waals surface area (Å²) in [7, 11) is 0. The Kier molecular flexibility index (Phi) is 6.68. The molecule has 0 amide bonds. The molecular formula is C18H30N2O. The molecule has 3 nitrogen and oxygen atoms in total. The molecule has 0 aromatic heterocycles. The molecular weight excluding hydrogens is 260 g/mol. The van der Waals surface area contributed by atoms with Gasteiger partial charge < -0.3 is 10.1 Å². The van der Waals surface area contributed by atoms with Gasteiger partial charge in [-0.3, -0.25) is 4.90 Å². The first-order valence-electron chi connectivity index (χ1n) is 8.30. The second kappa shape index (κ2) is 8.52. The van der Waals surface area contributed by atoms with Crippen LogP contribution in [0.25, 0.3) is 0 Å². The minimum atomic E-state index is 0.444. The van der Waals surface area contributed by atoms with Crippen LogP contribution in [0, 0.1) is 5.92 Å². The third kappa shape index (κ3) is 5.10. The highest BCUT2D eigenvalue weighted by Gasteiger charge is 2.27. The van der Waals surface area contributed by atoms with E-state index in [-0.39, 0.29) is 0 Å². The summed E-state index contributed by atoms with van der Waals surface area (Å²) in [6, 6.07) is 11.8. The predicted molar refractivity (Wildman–Crippen MR) is 88.5 cm³/mol. The Balaban J connectivity index is 1.87. The van der Waals surface area contributed by atoms with Crippen LogP contribution in [0.1, 0.15) is 38.8 Å². The fraction of sp³-hybridized carbons (Fsp3) is 0.667. The minimum absolute atomic E-state index is 0.444. The van der Waals surface area contributed by atoms with Crippen LogP contribution in [0.4, 0.5) is 0 Å². The lowest BCUT2D eigenvalue weighted by molar-refractivity contribution is 0.0539. The number of benzene rings is 1. The van der Waals surface area contributed by atoms with Gasteiger partial charge in [0.25, 0.3) is 0 Å². The molecule has 0 spiro atoms. The maximum absolute atomic E-state index is 5.77. The van der Waals surface area contributed by atoms with Gasteiger partial charge in [0, 0.05) is 38.3 Å². The van der Waals surface area contributed by atoms with E-state index in [0.29, 0.717) is 18.0 Å². The van der Waals surface area contributed by atoms with Gasteiger partial charge in [-0.2, -0.15) is 0 Å². The third-order valence-electron chi connectivity index (χ3n) is 4.18. The van der Waals surface area contributed by atoms with Crippen molar-refractivity contribution in [1.82, 2.24) is 10.2 Å². The summed E-state index contributed by atoms with van der Waals surface area (Å²) in [6.45, 7) is 11.6. The van der Waals surface area contributed by atoms with Gasteiger partial charge >= 0.3 is 0 Å². The van der Waals surface area contributed by atoms with E-state index >= 15 is 0 Å². The number of nitrogens with one attached hydrogen (secondary N) is 1. The van der Waals surface area contributed by atoms with Gasteiger partial charge in [0.15, 0.2) is 0 Å². The average molecular weight is 290 g/mol. The smallest absolute Gasteiger partial charge is 0.0593 e. The van der Waals surface area contributed by atoms with E-state index < -0.39 is 0 Å².